The van der Waals surface area contributed by atoms with E-state index in [1.807, 2.05) is 18.4 Å². The minimum Gasteiger partial charge on any atom is -0.445 e. The van der Waals surface area contributed by atoms with Gasteiger partial charge in [-0.25, -0.2) is 0 Å². The molecular formula is C12H15N3O2S. The highest BCUT2D eigenvalue weighted by Gasteiger charge is 2.36. The summed E-state index contributed by atoms with van der Waals surface area (Å²) in [5.41, 5.74) is 5.86. The molecule has 1 fully saturated rings. The summed E-state index contributed by atoms with van der Waals surface area (Å²) >= 11 is 1.53. The maximum absolute atomic E-state index is 6.28. The van der Waals surface area contributed by atoms with E-state index in [0.29, 0.717) is 17.5 Å². The van der Waals surface area contributed by atoms with Crippen molar-refractivity contribution < 1.29 is 8.94 Å². The van der Waals surface area contributed by atoms with Crippen molar-refractivity contribution >= 4 is 11.8 Å². The van der Waals surface area contributed by atoms with Crippen LogP contribution in [0, 0.1) is 0 Å². The van der Waals surface area contributed by atoms with E-state index in [-0.39, 0.29) is 0 Å². The molecule has 96 valence electrons. The van der Waals surface area contributed by atoms with Gasteiger partial charge in [-0.05, 0) is 31.2 Å². The van der Waals surface area contributed by atoms with Gasteiger partial charge in [-0.2, -0.15) is 4.98 Å². The van der Waals surface area contributed by atoms with Crippen LogP contribution in [0.4, 0.5) is 0 Å². The van der Waals surface area contributed by atoms with Crippen molar-refractivity contribution in [2.45, 2.75) is 36.3 Å². The highest BCUT2D eigenvalue weighted by molar-refractivity contribution is 7.98. The largest absolute Gasteiger partial charge is 0.445 e. The van der Waals surface area contributed by atoms with Crippen LogP contribution in [0.15, 0.2) is 26.2 Å². The van der Waals surface area contributed by atoms with Crippen LogP contribution in [-0.2, 0) is 5.54 Å². The topological polar surface area (TPSA) is 78.1 Å². The minimum absolute atomic E-state index is 0.405. The molecule has 0 saturated heterocycles. The molecular weight excluding hydrogens is 250 g/mol. The Hall–Kier alpha value is -1.27. The van der Waals surface area contributed by atoms with Gasteiger partial charge in [-0.1, -0.05) is 29.8 Å². The monoisotopic (exact) mass is 265 g/mol. The van der Waals surface area contributed by atoms with E-state index in [2.05, 4.69) is 10.1 Å². The second-order valence-electron chi connectivity index (χ2n) is 4.61. The first kappa shape index (κ1) is 11.8. The summed E-state index contributed by atoms with van der Waals surface area (Å²) in [6, 6.07) is 3.72. The van der Waals surface area contributed by atoms with Gasteiger partial charge in [-0.15, -0.1) is 0 Å². The third-order valence-corrected chi connectivity index (χ3v) is 3.98. The first-order valence-electron chi connectivity index (χ1n) is 5.98. The normalized spacial score (nSPS) is 18.3. The summed E-state index contributed by atoms with van der Waals surface area (Å²) in [4.78, 5) is 4.38. The predicted molar refractivity (Wildman–Crippen MR) is 68.1 cm³/mol. The molecule has 0 aromatic carbocycles. The zero-order valence-electron chi connectivity index (χ0n) is 10.2. The van der Waals surface area contributed by atoms with Gasteiger partial charge in [0.15, 0.2) is 16.7 Å². The zero-order valence-corrected chi connectivity index (χ0v) is 11.0. The Kier molecular flexibility index (Phi) is 2.91. The summed E-state index contributed by atoms with van der Waals surface area (Å²) in [6.07, 6.45) is 6.03. The van der Waals surface area contributed by atoms with Gasteiger partial charge in [0.1, 0.15) is 0 Å². The van der Waals surface area contributed by atoms with Crippen LogP contribution in [0.2, 0.25) is 0 Å². The molecule has 1 saturated carbocycles. The second-order valence-corrected chi connectivity index (χ2v) is 5.42. The number of nitrogens with two attached hydrogens (primary N) is 1. The van der Waals surface area contributed by atoms with Crippen LogP contribution in [0.5, 0.6) is 0 Å². The van der Waals surface area contributed by atoms with E-state index in [1.54, 1.807) is 0 Å². The first-order valence-corrected chi connectivity index (χ1v) is 7.21. The number of hydrogen-bond donors (Lipinski definition) is 1. The lowest BCUT2D eigenvalue weighted by molar-refractivity contribution is 0.365. The number of rotatable bonds is 3. The van der Waals surface area contributed by atoms with E-state index in [0.717, 1.165) is 30.8 Å². The maximum atomic E-state index is 6.28. The van der Waals surface area contributed by atoms with Crippen LogP contribution in [0.1, 0.15) is 31.5 Å². The Balaban J connectivity index is 1.89. The molecule has 0 amide bonds. The molecule has 0 unspecified atom stereocenters. The summed E-state index contributed by atoms with van der Waals surface area (Å²) in [5.74, 6) is 1.60. The van der Waals surface area contributed by atoms with Gasteiger partial charge in [0, 0.05) is 0 Å². The average molecular weight is 265 g/mol. The SMILES string of the molecule is CSc1ccc(-c2nc(C3(N)CCCC3)no2)o1. The smallest absolute Gasteiger partial charge is 0.293 e. The lowest BCUT2D eigenvalue weighted by atomic mass is 9.99. The van der Waals surface area contributed by atoms with Gasteiger partial charge in [-0.3, -0.25) is 0 Å². The Bertz CT molecular complexity index is 543. The number of furan rings is 1. The van der Waals surface area contributed by atoms with Crippen molar-refractivity contribution in [3.05, 3.63) is 18.0 Å². The molecule has 0 atom stereocenters. The summed E-state index contributed by atoms with van der Waals surface area (Å²) < 4.78 is 10.8. The van der Waals surface area contributed by atoms with Crippen LogP contribution in [0.25, 0.3) is 11.7 Å². The maximum Gasteiger partial charge on any atom is 0.293 e. The number of nitrogens with zero attached hydrogens (tertiary/aromatic N) is 2. The van der Waals surface area contributed by atoms with Gasteiger partial charge >= 0.3 is 0 Å². The Morgan fingerprint density at radius 2 is 2.11 bits per heavy atom. The Morgan fingerprint density at radius 1 is 1.33 bits per heavy atom. The zero-order chi connectivity index (χ0) is 12.6. The van der Waals surface area contributed by atoms with Crippen molar-refractivity contribution in [1.82, 2.24) is 10.1 Å². The average Bonchev–Trinajstić information content (AvgIpc) is 3.08. The second kappa shape index (κ2) is 4.44. The molecule has 5 nitrogen and oxygen atoms in total. The molecule has 2 aromatic heterocycles. The third kappa shape index (κ3) is 1.95. The number of thioether (sulfide) groups is 1. The molecule has 6 heteroatoms. The minimum atomic E-state index is -0.420. The van der Waals surface area contributed by atoms with E-state index >= 15 is 0 Å². The molecule has 18 heavy (non-hydrogen) atoms. The van der Waals surface area contributed by atoms with Crippen molar-refractivity contribution in [3.63, 3.8) is 0 Å². The lowest BCUT2D eigenvalue weighted by Gasteiger charge is -2.17. The third-order valence-electron chi connectivity index (χ3n) is 3.36. The fraction of sp³-hybridized carbons (Fsp3) is 0.500. The quantitative estimate of drug-likeness (QED) is 0.860. The van der Waals surface area contributed by atoms with Crippen molar-refractivity contribution in [1.29, 1.82) is 0 Å². The van der Waals surface area contributed by atoms with Crippen LogP contribution in [0.3, 0.4) is 0 Å². The molecule has 2 heterocycles. The summed E-state index contributed by atoms with van der Waals surface area (Å²) in [7, 11) is 0. The van der Waals surface area contributed by atoms with E-state index in [9.17, 15) is 0 Å². The van der Waals surface area contributed by atoms with E-state index in [4.69, 9.17) is 14.7 Å². The summed E-state index contributed by atoms with van der Waals surface area (Å²) in [6.45, 7) is 0. The number of hydrogen-bond acceptors (Lipinski definition) is 6. The fourth-order valence-corrected chi connectivity index (χ4v) is 2.68. The van der Waals surface area contributed by atoms with Crippen LogP contribution < -0.4 is 5.73 Å². The molecule has 0 spiro atoms. The molecule has 2 aromatic rings. The van der Waals surface area contributed by atoms with E-state index < -0.39 is 5.54 Å². The van der Waals surface area contributed by atoms with Crippen LogP contribution >= 0.6 is 11.8 Å². The van der Waals surface area contributed by atoms with Crippen molar-refractivity contribution in [3.8, 4) is 11.7 Å². The molecule has 2 N–H and O–H groups in total. The first-order chi connectivity index (χ1) is 8.71. The Morgan fingerprint density at radius 3 is 2.78 bits per heavy atom. The van der Waals surface area contributed by atoms with Gasteiger partial charge in [0.05, 0.1) is 5.54 Å². The highest BCUT2D eigenvalue weighted by Crippen LogP contribution is 2.35. The molecule has 0 aliphatic heterocycles. The standard InChI is InChI=1S/C12H15N3O2S/c1-18-9-5-4-8(16-9)10-14-11(15-17-10)12(13)6-2-3-7-12/h4-5H,2-3,6-7,13H2,1H3. The number of aromatic nitrogens is 2. The predicted octanol–water partition coefficient (Wildman–Crippen LogP) is 2.78. The summed E-state index contributed by atoms with van der Waals surface area (Å²) in [5, 5.41) is 4.83. The van der Waals surface area contributed by atoms with Gasteiger partial charge in [0.25, 0.3) is 5.89 Å². The molecule has 0 radical (unpaired) electrons. The van der Waals surface area contributed by atoms with Gasteiger partial charge < -0.3 is 14.7 Å². The molecule has 0 bridgehead atoms. The molecule has 1 aliphatic rings. The lowest BCUT2D eigenvalue weighted by Crippen LogP contribution is -2.34. The van der Waals surface area contributed by atoms with Crippen molar-refractivity contribution in [2.24, 2.45) is 5.73 Å². The molecule has 1 aliphatic carbocycles. The van der Waals surface area contributed by atoms with E-state index in [1.165, 1.54) is 11.8 Å². The molecule has 3 rings (SSSR count). The van der Waals surface area contributed by atoms with Crippen molar-refractivity contribution in [2.75, 3.05) is 6.26 Å². The highest BCUT2D eigenvalue weighted by atomic mass is 32.2. The van der Waals surface area contributed by atoms with Crippen LogP contribution in [-0.4, -0.2) is 16.4 Å². The Labute approximate surface area is 109 Å². The van der Waals surface area contributed by atoms with Gasteiger partial charge in [0.2, 0.25) is 0 Å². The fourth-order valence-electron chi connectivity index (χ4n) is 2.30.